The number of esters is 1. The van der Waals surface area contributed by atoms with Crippen molar-refractivity contribution in [2.75, 3.05) is 7.11 Å². The van der Waals surface area contributed by atoms with Gasteiger partial charge in [-0.3, -0.25) is 9.59 Å². The van der Waals surface area contributed by atoms with Crippen molar-refractivity contribution in [3.63, 3.8) is 0 Å². The van der Waals surface area contributed by atoms with E-state index in [1.165, 1.54) is 7.11 Å². The van der Waals surface area contributed by atoms with Gasteiger partial charge in [-0.1, -0.05) is 6.92 Å². The zero-order valence-corrected chi connectivity index (χ0v) is 7.50. The minimum atomic E-state index is -0.171. The van der Waals surface area contributed by atoms with E-state index < -0.39 is 0 Å². The molecule has 0 heterocycles. The number of carbonyl (C=O) groups excluding carboxylic acids is 2. The zero-order chi connectivity index (χ0) is 9.14. The van der Waals surface area contributed by atoms with E-state index in [1.54, 1.807) is 0 Å². The number of methoxy groups -OCH3 is 1. The Morgan fingerprint density at radius 1 is 1.58 bits per heavy atom. The Morgan fingerprint density at radius 3 is 2.75 bits per heavy atom. The van der Waals surface area contributed by atoms with Crippen molar-refractivity contribution in [1.82, 2.24) is 0 Å². The smallest absolute Gasteiger partial charge is 0.308 e. The summed E-state index contributed by atoms with van der Waals surface area (Å²) in [6.07, 6.45) is 1.72. The van der Waals surface area contributed by atoms with Crippen LogP contribution in [-0.4, -0.2) is 18.9 Å². The van der Waals surface area contributed by atoms with Gasteiger partial charge < -0.3 is 4.74 Å². The number of ether oxygens (including phenoxy) is 1. The first-order chi connectivity index (χ1) is 5.65. The van der Waals surface area contributed by atoms with E-state index in [0.29, 0.717) is 19.3 Å². The molecule has 0 aromatic carbocycles. The molecule has 0 aliphatic heterocycles. The molecule has 1 rings (SSSR count). The molecule has 3 nitrogen and oxygen atoms in total. The third kappa shape index (κ3) is 1.84. The molecule has 1 aliphatic carbocycles. The Morgan fingerprint density at radius 2 is 2.25 bits per heavy atom. The first-order valence-electron chi connectivity index (χ1n) is 4.24. The summed E-state index contributed by atoms with van der Waals surface area (Å²) in [6, 6.07) is 0. The van der Waals surface area contributed by atoms with Gasteiger partial charge in [-0.2, -0.15) is 0 Å². The van der Waals surface area contributed by atoms with Crippen molar-refractivity contribution in [3.05, 3.63) is 0 Å². The van der Waals surface area contributed by atoms with Crippen LogP contribution in [0.3, 0.4) is 0 Å². The number of rotatable bonds is 1. The molecule has 0 radical (unpaired) electrons. The van der Waals surface area contributed by atoms with Crippen LogP contribution in [0.25, 0.3) is 0 Å². The van der Waals surface area contributed by atoms with Gasteiger partial charge in [0.05, 0.1) is 13.0 Å². The minimum absolute atomic E-state index is 0.0623. The van der Waals surface area contributed by atoms with Crippen molar-refractivity contribution in [1.29, 1.82) is 0 Å². The molecule has 1 fully saturated rings. The Kier molecular flexibility index (Phi) is 2.84. The molecule has 1 aliphatic rings. The summed E-state index contributed by atoms with van der Waals surface area (Å²) in [5.41, 5.74) is 0. The standard InChI is InChI=1S/C9H14O3/c1-6-5-7(10)3-4-8(6)9(11)12-2/h6,8H,3-5H2,1-2H3/t6-,8-/m1/s1. The molecule has 0 aromatic heterocycles. The van der Waals surface area contributed by atoms with Gasteiger partial charge >= 0.3 is 5.97 Å². The van der Waals surface area contributed by atoms with Gasteiger partial charge in [-0.15, -0.1) is 0 Å². The Balaban J connectivity index is 2.56. The lowest BCUT2D eigenvalue weighted by atomic mass is 9.80. The number of ketones is 1. The van der Waals surface area contributed by atoms with Crippen molar-refractivity contribution < 1.29 is 14.3 Å². The van der Waals surface area contributed by atoms with Gasteiger partial charge in [0.25, 0.3) is 0 Å². The summed E-state index contributed by atoms with van der Waals surface area (Å²) in [5.74, 6) is 0.184. The van der Waals surface area contributed by atoms with E-state index in [0.717, 1.165) is 0 Å². The highest BCUT2D eigenvalue weighted by Crippen LogP contribution is 2.28. The van der Waals surface area contributed by atoms with Gasteiger partial charge in [0.1, 0.15) is 5.78 Å². The summed E-state index contributed by atoms with van der Waals surface area (Å²) in [7, 11) is 1.39. The molecule has 0 bridgehead atoms. The maximum atomic E-state index is 11.2. The average Bonchev–Trinajstić information content (AvgIpc) is 2.03. The molecule has 0 saturated heterocycles. The Bertz CT molecular complexity index is 198. The van der Waals surface area contributed by atoms with E-state index in [9.17, 15) is 9.59 Å². The van der Waals surface area contributed by atoms with Crippen LogP contribution in [0.2, 0.25) is 0 Å². The highest BCUT2D eigenvalue weighted by molar-refractivity contribution is 5.82. The van der Waals surface area contributed by atoms with Crippen LogP contribution >= 0.6 is 0 Å². The highest BCUT2D eigenvalue weighted by Gasteiger charge is 2.31. The third-order valence-electron chi connectivity index (χ3n) is 2.47. The van der Waals surface area contributed by atoms with Crippen molar-refractivity contribution >= 4 is 11.8 Å². The van der Waals surface area contributed by atoms with Crippen LogP contribution in [0.1, 0.15) is 26.2 Å². The second-order valence-electron chi connectivity index (χ2n) is 3.39. The Labute approximate surface area is 72.1 Å². The van der Waals surface area contributed by atoms with E-state index >= 15 is 0 Å². The summed E-state index contributed by atoms with van der Waals surface area (Å²) in [4.78, 5) is 22.1. The number of Topliss-reactive ketones (excluding diaryl/α,β-unsaturated/α-hetero) is 1. The molecule has 3 heteroatoms. The van der Waals surface area contributed by atoms with Gasteiger partial charge in [-0.05, 0) is 12.3 Å². The van der Waals surface area contributed by atoms with Crippen LogP contribution in [0.4, 0.5) is 0 Å². The normalized spacial score (nSPS) is 30.0. The van der Waals surface area contributed by atoms with Crippen LogP contribution < -0.4 is 0 Å². The van der Waals surface area contributed by atoms with E-state index in [1.807, 2.05) is 6.92 Å². The average molecular weight is 170 g/mol. The molecule has 0 aromatic rings. The zero-order valence-electron chi connectivity index (χ0n) is 7.50. The lowest BCUT2D eigenvalue weighted by Crippen LogP contribution is -2.29. The SMILES string of the molecule is COC(=O)[C@@H]1CCC(=O)C[C@H]1C. The fourth-order valence-corrected chi connectivity index (χ4v) is 1.71. The van der Waals surface area contributed by atoms with Crippen LogP contribution in [0.5, 0.6) is 0 Å². The predicted octanol–water partition coefficient (Wildman–Crippen LogP) is 1.16. The summed E-state index contributed by atoms with van der Waals surface area (Å²) in [6.45, 7) is 1.93. The number of hydrogen-bond donors (Lipinski definition) is 0. The summed E-state index contributed by atoms with van der Waals surface area (Å²) < 4.78 is 4.65. The quantitative estimate of drug-likeness (QED) is 0.555. The van der Waals surface area contributed by atoms with Gasteiger partial charge in [-0.25, -0.2) is 0 Å². The maximum absolute atomic E-state index is 11.2. The fraction of sp³-hybridized carbons (Fsp3) is 0.778. The summed E-state index contributed by atoms with van der Waals surface area (Å²) >= 11 is 0. The molecule has 0 amide bonds. The highest BCUT2D eigenvalue weighted by atomic mass is 16.5. The molecule has 0 unspecified atom stereocenters. The maximum Gasteiger partial charge on any atom is 0.308 e. The van der Waals surface area contributed by atoms with E-state index in [-0.39, 0.29) is 23.6 Å². The molecular weight excluding hydrogens is 156 g/mol. The topological polar surface area (TPSA) is 43.4 Å². The molecule has 0 spiro atoms. The van der Waals surface area contributed by atoms with Crippen LogP contribution in [0.15, 0.2) is 0 Å². The van der Waals surface area contributed by atoms with Gasteiger partial charge in [0.15, 0.2) is 0 Å². The van der Waals surface area contributed by atoms with Crippen molar-refractivity contribution in [2.24, 2.45) is 11.8 Å². The van der Waals surface area contributed by atoms with E-state index in [4.69, 9.17) is 0 Å². The molecule has 68 valence electrons. The molecular formula is C9H14O3. The lowest BCUT2D eigenvalue weighted by Gasteiger charge is -2.25. The number of hydrogen-bond acceptors (Lipinski definition) is 3. The summed E-state index contributed by atoms with van der Waals surface area (Å²) in [5, 5.41) is 0. The fourth-order valence-electron chi connectivity index (χ4n) is 1.71. The third-order valence-corrected chi connectivity index (χ3v) is 2.47. The number of carbonyl (C=O) groups is 2. The predicted molar refractivity (Wildman–Crippen MR) is 43.5 cm³/mol. The largest absolute Gasteiger partial charge is 0.469 e. The van der Waals surface area contributed by atoms with Crippen molar-refractivity contribution in [2.45, 2.75) is 26.2 Å². The first kappa shape index (κ1) is 9.23. The molecule has 12 heavy (non-hydrogen) atoms. The minimum Gasteiger partial charge on any atom is -0.469 e. The van der Waals surface area contributed by atoms with E-state index in [2.05, 4.69) is 4.74 Å². The van der Waals surface area contributed by atoms with Gasteiger partial charge in [0, 0.05) is 12.8 Å². The second kappa shape index (κ2) is 3.70. The monoisotopic (exact) mass is 170 g/mol. The van der Waals surface area contributed by atoms with Crippen LogP contribution in [-0.2, 0) is 14.3 Å². The van der Waals surface area contributed by atoms with Gasteiger partial charge in [0.2, 0.25) is 0 Å². The lowest BCUT2D eigenvalue weighted by molar-refractivity contribution is -0.149. The second-order valence-corrected chi connectivity index (χ2v) is 3.39. The Hall–Kier alpha value is -0.860. The van der Waals surface area contributed by atoms with Crippen LogP contribution in [0, 0.1) is 11.8 Å². The molecule has 2 atom stereocenters. The van der Waals surface area contributed by atoms with Crippen molar-refractivity contribution in [3.8, 4) is 0 Å². The molecule has 0 N–H and O–H groups in total. The first-order valence-corrected chi connectivity index (χ1v) is 4.24. The molecule has 1 saturated carbocycles.